The molecule has 7 heteroatoms. The van der Waals surface area contributed by atoms with Gasteiger partial charge in [0, 0.05) is 29.1 Å². The number of benzene rings is 2. The van der Waals surface area contributed by atoms with Gasteiger partial charge in [0.1, 0.15) is 0 Å². The third-order valence-electron chi connectivity index (χ3n) is 5.12. The van der Waals surface area contributed by atoms with E-state index >= 15 is 0 Å². The monoisotopic (exact) mass is 398 g/mol. The Hall–Kier alpha value is -4.18. The first kappa shape index (κ1) is 19.2. The van der Waals surface area contributed by atoms with E-state index in [4.69, 9.17) is 5.26 Å². The van der Waals surface area contributed by atoms with Crippen LogP contribution < -0.4 is 4.90 Å². The number of nitrogens with zero attached hydrogens (tertiary/aromatic N) is 3. The second-order valence-electron chi connectivity index (χ2n) is 7.27. The standard InChI is InChI=1S/C23H18N4O3/c1-14-8-15(2)25-21(14)11-20-19-10-18(27(29)30)6-7-22(19)26(23(20)28)13-17-5-3-4-16(9-17)12-24/h3-11,25H,13H2,1-2H3. The summed E-state index contributed by atoms with van der Waals surface area (Å²) < 4.78 is 0. The highest BCUT2D eigenvalue weighted by Crippen LogP contribution is 2.40. The zero-order valence-electron chi connectivity index (χ0n) is 16.5. The summed E-state index contributed by atoms with van der Waals surface area (Å²) in [5.41, 5.74) is 5.53. The van der Waals surface area contributed by atoms with Crippen LogP contribution in [0.4, 0.5) is 11.4 Å². The van der Waals surface area contributed by atoms with E-state index in [2.05, 4.69) is 11.1 Å². The van der Waals surface area contributed by atoms with Crippen molar-refractivity contribution in [1.29, 1.82) is 5.26 Å². The van der Waals surface area contributed by atoms with Crippen molar-refractivity contribution in [1.82, 2.24) is 4.98 Å². The molecule has 0 unspecified atom stereocenters. The number of aryl methyl sites for hydroxylation is 2. The molecular formula is C23H18N4O3. The van der Waals surface area contributed by atoms with Gasteiger partial charge in [0.15, 0.2) is 0 Å². The zero-order valence-corrected chi connectivity index (χ0v) is 16.5. The highest BCUT2D eigenvalue weighted by molar-refractivity contribution is 6.35. The Labute approximate surface area is 173 Å². The summed E-state index contributed by atoms with van der Waals surface area (Å²) in [6.45, 7) is 4.13. The first-order valence-corrected chi connectivity index (χ1v) is 9.35. The van der Waals surface area contributed by atoms with E-state index in [1.54, 1.807) is 35.2 Å². The van der Waals surface area contributed by atoms with Crippen LogP contribution in [0, 0.1) is 35.3 Å². The zero-order chi connectivity index (χ0) is 21.4. The molecule has 0 saturated carbocycles. The maximum absolute atomic E-state index is 13.3. The van der Waals surface area contributed by atoms with Crippen LogP contribution in [0.2, 0.25) is 0 Å². The van der Waals surface area contributed by atoms with Crippen molar-refractivity contribution in [3.8, 4) is 6.07 Å². The van der Waals surface area contributed by atoms with Crippen LogP contribution in [0.3, 0.4) is 0 Å². The molecule has 0 saturated heterocycles. The number of nitrogens with one attached hydrogen (secondary N) is 1. The van der Waals surface area contributed by atoms with Gasteiger partial charge >= 0.3 is 0 Å². The van der Waals surface area contributed by atoms with Gasteiger partial charge in [-0.1, -0.05) is 12.1 Å². The van der Waals surface area contributed by atoms with Crippen LogP contribution >= 0.6 is 0 Å². The number of carbonyl (C=O) groups excluding carboxylic acids is 1. The van der Waals surface area contributed by atoms with Crippen LogP contribution in [0.15, 0.2) is 48.5 Å². The predicted molar refractivity (Wildman–Crippen MR) is 114 cm³/mol. The number of carbonyl (C=O) groups is 1. The fourth-order valence-electron chi connectivity index (χ4n) is 3.72. The fraction of sp³-hybridized carbons (Fsp3) is 0.130. The number of rotatable bonds is 4. The molecule has 3 aromatic rings. The van der Waals surface area contributed by atoms with Crippen molar-refractivity contribution in [2.24, 2.45) is 0 Å². The molecule has 1 aromatic heterocycles. The van der Waals surface area contributed by atoms with Crippen molar-refractivity contribution in [2.45, 2.75) is 20.4 Å². The molecule has 148 valence electrons. The van der Waals surface area contributed by atoms with E-state index < -0.39 is 4.92 Å². The molecule has 2 heterocycles. The molecular weight excluding hydrogens is 380 g/mol. The molecule has 1 aliphatic rings. The lowest BCUT2D eigenvalue weighted by atomic mass is 10.0. The van der Waals surface area contributed by atoms with Gasteiger partial charge in [-0.15, -0.1) is 0 Å². The summed E-state index contributed by atoms with van der Waals surface area (Å²) in [6, 6.07) is 15.6. The summed E-state index contributed by atoms with van der Waals surface area (Å²) in [4.78, 5) is 29.0. The SMILES string of the molecule is Cc1cc(C)c(C=C2C(=O)N(Cc3cccc(C#N)c3)c3ccc([N+](=O)[O-])cc32)[nH]1. The Kier molecular flexibility index (Phi) is 4.68. The minimum atomic E-state index is -0.467. The maximum Gasteiger partial charge on any atom is 0.270 e. The van der Waals surface area contributed by atoms with Crippen molar-refractivity contribution in [3.05, 3.63) is 92.3 Å². The van der Waals surface area contributed by atoms with E-state index in [0.29, 0.717) is 22.4 Å². The third kappa shape index (κ3) is 3.35. The van der Waals surface area contributed by atoms with Gasteiger partial charge in [0.05, 0.1) is 34.4 Å². The first-order chi connectivity index (χ1) is 14.4. The quantitative estimate of drug-likeness (QED) is 0.397. The van der Waals surface area contributed by atoms with Gasteiger partial charge in [-0.05, 0) is 55.3 Å². The molecule has 1 amide bonds. The molecule has 0 fully saturated rings. The van der Waals surface area contributed by atoms with E-state index in [1.807, 2.05) is 26.0 Å². The Morgan fingerprint density at radius 2 is 2.00 bits per heavy atom. The number of nitro groups is 1. The number of aromatic nitrogens is 1. The number of fused-ring (bicyclic) bond motifs is 1. The molecule has 0 bridgehead atoms. The van der Waals surface area contributed by atoms with Crippen molar-refractivity contribution in [2.75, 3.05) is 4.90 Å². The summed E-state index contributed by atoms with van der Waals surface area (Å²) >= 11 is 0. The minimum Gasteiger partial charge on any atom is -0.359 e. The Morgan fingerprint density at radius 3 is 2.67 bits per heavy atom. The highest BCUT2D eigenvalue weighted by atomic mass is 16.6. The number of nitriles is 1. The molecule has 0 atom stereocenters. The second-order valence-corrected chi connectivity index (χ2v) is 7.27. The fourth-order valence-corrected chi connectivity index (χ4v) is 3.72. The number of hydrogen-bond acceptors (Lipinski definition) is 4. The van der Waals surface area contributed by atoms with Crippen molar-refractivity contribution in [3.63, 3.8) is 0 Å². The number of nitro benzene ring substituents is 1. The molecule has 0 spiro atoms. The molecule has 2 aromatic carbocycles. The van der Waals surface area contributed by atoms with Crippen LogP contribution in [0.1, 0.15) is 33.6 Å². The van der Waals surface area contributed by atoms with Crippen LogP contribution in [-0.4, -0.2) is 15.8 Å². The second kappa shape index (κ2) is 7.33. The average molecular weight is 398 g/mol. The van der Waals surface area contributed by atoms with E-state index in [1.165, 1.54) is 12.1 Å². The molecule has 4 rings (SSSR count). The summed E-state index contributed by atoms with van der Waals surface area (Å²) in [5, 5.41) is 20.4. The topological polar surface area (TPSA) is 103 Å². The number of aromatic amines is 1. The molecule has 7 nitrogen and oxygen atoms in total. The number of hydrogen-bond donors (Lipinski definition) is 1. The van der Waals surface area contributed by atoms with E-state index in [9.17, 15) is 14.9 Å². The minimum absolute atomic E-state index is 0.0693. The average Bonchev–Trinajstić information content (AvgIpc) is 3.18. The Bertz CT molecular complexity index is 1260. The molecule has 30 heavy (non-hydrogen) atoms. The normalized spacial score (nSPS) is 14.1. The van der Waals surface area contributed by atoms with Gasteiger partial charge in [-0.3, -0.25) is 14.9 Å². The van der Waals surface area contributed by atoms with Gasteiger partial charge < -0.3 is 9.88 Å². The Morgan fingerprint density at radius 1 is 1.20 bits per heavy atom. The summed E-state index contributed by atoms with van der Waals surface area (Å²) in [7, 11) is 0. The van der Waals surface area contributed by atoms with E-state index in [0.717, 1.165) is 22.5 Å². The van der Waals surface area contributed by atoms with Gasteiger partial charge in [-0.25, -0.2) is 0 Å². The van der Waals surface area contributed by atoms with Gasteiger partial charge in [0.25, 0.3) is 11.6 Å². The first-order valence-electron chi connectivity index (χ1n) is 9.35. The van der Waals surface area contributed by atoms with Crippen molar-refractivity contribution >= 4 is 28.9 Å². The van der Waals surface area contributed by atoms with E-state index in [-0.39, 0.29) is 18.1 Å². The highest BCUT2D eigenvalue weighted by Gasteiger charge is 2.34. The summed E-state index contributed by atoms with van der Waals surface area (Å²) in [5.74, 6) is -0.237. The van der Waals surface area contributed by atoms with Gasteiger partial charge in [0.2, 0.25) is 0 Å². The number of non-ortho nitro benzene ring substituents is 1. The molecule has 0 aliphatic carbocycles. The summed E-state index contributed by atoms with van der Waals surface area (Å²) in [6.07, 6.45) is 1.75. The smallest absolute Gasteiger partial charge is 0.270 e. The lowest BCUT2D eigenvalue weighted by Gasteiger charge is -2.17. The molecule has 1 aliphatic heterocycles. The predicted octanol–water partition coefficient (Wildman–Crippen LogP) is 4.50. The lowest BCUT2D eigenvalue weighted by Crippen LogP contribution is -2.25. The largest absolute Gasteiger partial charge is 0.359 e. The number of anilines is 1. The molecule has 1 N–H and O–H groups in total. The van der Waals surface area contributed by atoms with Crippen molar-refractivity contribution < 1.29 is 9.72 Å². The van der Waals surface area contributed by atoms with Crippen LogP contribution in [-0.2, 0) is 11.3 Å². The maximum atomic E-state index is 13.3. The van der Waals surface area contributed by atoms with Gasteiger partial charge in [-0.2, -0.15) is 5.26 Å². The third-order valence-corrected chi connectivity index (χ3v) is 5.12. The lowest BCUT2D eigenvalue weighted by molar-refractivity contribution is -0.384. The van der Waals surface area contributed by atoms with Crippen LogP contribution in [0.25, 0.3) is 11.6 Å². The number of amides is 1. The Balaban J connectivity index is 1.82. The van der Waals surface area contributed by atoms with Crippen LogP contribution in [0.5, 0.6) is 0 Å². The number of H-pyrrole nitrogens is 1. The molecule has 0 radical (unpaired) electrons.